The minimum absolute atomic E-state index is 0.00252. The number of amides is 2. The predicted molar refractivity (Wildman–Crippen MR) is 86.5 cm³/mol. The molecule has 26 heavy (non-hydrogen) atoms. The van der Waals surface area contributed by atoms with Gasteiger partial charge in [-0.3, -0.25) is 9.59 Å². The first-order valence-electron chi connectivity index (χ1n) is 6.89. The Labute approximate surface area is 146 Å². The zero-order valence-electron chi connectivity index (χ0n) is 12.9. The predicted octanol–water partition coefficient (Wildman–Crippen LogP) is 1.93. The third-order valence-corrected chi connectivity index (χ3v) is 4.05. The molecule has 0 atom stereocenters. The van der Waals surface area contributed by atoms with E-state index in [-0.39, 0.29) is 16.3 Å². The summed E-state index contributed by atoms with van der Waals surface area (Å²) in [6.45, 7) is 0. The molecule has 0 aliphatic rings. The number of halogens is 3. The normalized spacial score (nSPS) is 11.7. The van der Waals surface area contributed by atoms with Gasteiger partial charge >= 0.3 is 18.0 Å². The van der Waals surface area contributed by atoms with Gasteiger partial charge in [0.2, 0.25) is 10.0 Å². The number of nitrogens with one attached hydrogen (secondary N) is 2. The van der Waals surface area contributed by atoms with E-state index >= 15 is 0 Å². The van der Waals surface area contributed by atoms with E-state index < -0.39 is 33.6 Å². The fraction of sp³-hybridized carbons (Fsp3) is 0.0667. The zero-order chi connectivity index (χ0) is 19.5. The summed E-state index contributed by atoms with van der Waals surface area (Å²) in [6.07, 6.45) is -4.51. The molecule has 0 radical (unpaired) electrons. The van der Waals surface area contributed by atoms with Crippen molar-refractivity contribution in [1.29, 1.82) is 0 Å². The van der Waals surface area contributed by atoms with E-state index in [2.05, 4.69) is 10.6 Å². The van der Waals surface area contributed by atoms with Crippen molar-refractivity contribution in [3.63, 3.8) is 0 Å². The maximum absolute atomic E-state index is 12.5. The molecule has 0 spiro atoms. The minimum Gasteiger partial charge on any atom is -0.318 e. The van der Waals surface area contributed by atoms with Crippen LogP contribution in [-0.4, -0.2) is 20.2 Å². The van der Waals surface area contributed by atoms with Crippen LogP contribution in [0, 0.1) is 0 Å². The summed E-state index contributed by atoms with van der Waals surface area (Å²) < 4.78 is 59.6. The van der Waals surface area contributed by atoms with Gasteiger partial charge in [0.25, 0.3) is 0 Å². The Morgan fingerprint density at radius 3 is 1.54 bits per heavy atom. The van der Waals surface area contributed by atoms with Gasteiger partial charge in [-0.25, -0.2) is 13.6 Å². The molecule has 2 rings (SSSR count). The topological polar surface area (TPSA) is 118 Å². The minimum atomic E-state index is -4.51. The van der Waals surface area contributed by atoms with Gasteiger partial charge in [0.1, 0.15) is 0 Å². The maximum Gasteiger partial charge on any atom is 0.416 e. The maximum atomic E-state index is 12.5. The Morgan fingerprint density at radius 1 is 0.808 bits per heavy atom. The van der Waals surface area contributed by atoms with Crippen LogP contribution in [0.15, 0.2) is 53.4 Å². The molecule has 0 saturated heterocycles. The van der Waals surface area contributed by atoms with Crippen molar-refractivity contribution in [2.24, 2.45) is 5.14 Å². The molecule has 138 valence electrons. The summed E-state index contributed by atoms with van der Waals surface area (Å²) in [5.41, 5.74) is -0.761. The molecule has 0 aromatic heterocycles. The number of primary sulfonamides is 1. The largest absolute Gasteiger partial charge is 0.416 e. The standard InChI is InChI=1S/C15H12F3N3O4S/c16-15(17,18)9-1-3-10(4-2-9)20-13(22)14(23)21-11-5-7-12(8-6-11)26(19,24)25/h1-8H,(H,20,22)(H,21,23)(H2,19,24,25). The van der Waals surface area contributed by atoms with Crippen LogP contribution in [0.4, 0.5) is 24.5 Å². The van der Waals surface area contributed by atoms with E-state index in [0.717, 1.165) is 36.4 Å². The number of carbonyl (C=O) groups excluding carboxylic acids is 2. The molecule has 2 aromatic rings. The Morgan fingerprint density at radius 2 is 1.19 bits per heavy atom. The van der Waals surface area contributed by atoms with Crippen LogP contribution in [0.5, 0.6) is 0 Å². The van der Waals surface area contributed by atoms with Crippen LogP contribution >= 0.6 is 0 Å². The smallest absolute Gasteiger partial charge is 0.318 e. The van der Waals surface area contributed by atoms with Crippen molar-refractivity contribution in [2.75, 3.05) is 10.6 Å². The Balaban J connectivity index is 2.00. The molecule has 0 aliphatic heterocycles. The Bertz CT molecular complexity index is 924. The summed E-state index contributed by atoms with van der Waals surface area (Å²) in [7, 11) is -3.89. The quantitative estimate of drug-likeness (QED) is 0.698. The molecule has 0 fully saturated rings. The molecule has 7 nitrogen and oxygen atoms in total. The number of carbonyl (C=O) groups is 2. The molecular weight excluding hydrogens is 375 g/mol. The van der Waals surface area contributed by atoms with Crippen LogP contribution in [0.25, 0.3) is 0 Å². The van der Waals surface area contributed by atoms with Gasteiger partial charge in [0.05, 0.1) is 10.5 Å². The number of hydrogen-bond acceptors (Lipinski definition) is 4. The van der Waals surface area contributed by atoms with Crippen molar-refractivity contribution >= 4 is 33.2 Å². The van der Waals surface area contributed by atoms with Crippen LogP contribution in [0.1, 0.15) is 5.56 Å². The third-order valence-electron chi connectivity index (χ3n) is 3.12. The van der Waals surface area contributed by atoms with Gasteiger partial charge in [-0.1, -0.05) is 0 Å². The van der Waals surface area contributed by atoms with E-state index in [4.69, 9.17) is 5.14 Å². The van der Waals surface area contributed by atoms with Crippen molar-refractivity contribution < 1.29 is 31.2 Å². The lowest BCUT2D eigenvalue weighted by Crippen LogP contribution is -2.29. The highest BCUT2D eigenvalue weighted by Gasteiger charge is 2.30. The molecule has 0 saturated carbocycles. The molecule has 0 bridgehead atoms. The van der Waals surface area contributed by atoms with E-state index in [1.54, 1.807) is 0 Å². The van der Waals surface area contributed by atoms with Crippen molar-refractivity contribution in [1.82, 2.24) is 0 Å². The van der Waals surface area contributed by atoms with Gasteiger partial charge in [-0.2, -0.15) is 13.2 Å². The third kappa shape index (κ3) is 5.04. The first-order chi connectivity index (χ1) is 12.0. The first kappa shape index (κ1) is 19.4. The van der Waals surface area contributed by atoms with E-state index in [0.29, 0.717) is 0 Å². The van der Waals surface area contributed by atoms with Gasteiger partial charge < -0.3 is 10.6 Å². The summed E-state index contributed by atoms with van der Waals surface area (Å²) in [5, 5.41) is 9.28. The molecule has 0 aliphatic carbocycles. The molecule has 0 heterocycles. The summed E-state index contributed by atoms with van der Waals surface area (Å²) in [6, 6.07) is 8.27. The van der Waals surface area contributed by atoms with E-state index in [9.17, 15) is 31.2 Å². The Hall–Kier alpha value is -2.92. The van der Waals surface area contributed by atoms with Crippen molar-refractivity contribution in [3.8, 4) is 0 Å². The fourth-order valence-electron chi connectivity index (χ4n) is 1.85. The molecule has 2 amide bonds. The lowest BCUT2D eigenvalue weighted by atomic mass is 10.2. The average Bonchev–Trinajstić information content (AvgIpc) is 2.54. The second-order valence-electron chi connectivity index (χ2n) is 5.05. The Kier molecular flexibility index (Phi) is 5.33. The number of benzene rings is 2. The fourth-order valence-corrected chi connectivity index (χ4v) is 2.36. The SMILES string of the molecule is NS(=O)(=O)c1ccc(NC(=O)C(=O)Nc2ccc(C(F)(F)F)cc2)cc1. The highest BCUT2D eigenvalue weighted by atomic mass is 32.2. The lowest BCUT2D eigenvalue weighted by molar-refractivity contribution is -0.137. The molecule has 4 N–H and O–H groups in total. The zero-order valence-corrected chi connectivity index (χ0v) is 13.7. The molecule has 11 heteroatoms. The second kappa shape index (κ2) is 7.14. The highest BCUT2D eigenvalue weighted by molar-refractivity contribution is 7.89. The van der Waals surface area contributed by atoms with Crippen LogP contribution in [0.2, 0.25) is 0 Å². The summed E-state index contributed by atoms with van der Waals surface area (Å²) >= 11 is 0. The van der Waals surface area contributed by atoms with E-state index in [1.165, 1.54) is 12.1 Å². The second-order valence-corrected chi connectivity index (χ2v) is 6.61. The summed E-state index contributed by atoms with van der Waals surface area (Å²) in [4.78, 5) is 23.4. The average molecular weight is 387 g/mol. The lowest BCUT2D eigenvalue weighted by Gasteiger charge is -2.09. The number of rotatable bonds is 3. The number of sulfonamides is 1. The van der Waals surface area contributed by atoms with Crippen molar-refractivity contribution in [3.05, 3.63) is 54.1 Å². The monoisotopic (exact) mass is 387 g/mol. The van der Waals surface area contributed by atoms with Gasteiger partial charge in [0, 0.05) is 11.4 Å². The molecular formula is C15H12F3N3O4S. The number of hydrogen-bond donors (Lipinski definition) is 3. The van der Waals surface area contributed by atoms with E-state index in [1.807, 2.05) is 0 Å². The highest BCUT2D eigenvalue weighted by Crippen LogP contribution is 2.29. The number of nitrogens with two attached hydrogens (primary N) is 1. The van der Waals surface area contributed by atoms with Gasteiger partial charge in [0.15, 0.2) is 0 Å². The molecule has 0 unspecified atom stereocenters. The van der Waals surface area contributed by atoms with Gasteiger partial charge in [-0.15, -0.1) is 0 Å². The van der Waals surface area contributed by atoms with Crippen LogP contribution in [0.3, 0.4) is 0 Å². The first-order valence-corrected chi connectivity index (χ1v) is 8.44. The summed E-state index contributed by atoms with van der Waals surface area (Å²) in [5.74, 6) is -2.20. The van der Waals surface area contributed by atoms with Crippen molar-refractivity contribution in [2.45, 2.75) is 11.1 Å². The number of alkyl halides is 3. The van der Waals surface area contributed by atoms with Crippen LogP contribution in [-0.2, 0) is 25.8 Å². The van der Waals surface area contributed by atoms with Crippen LogP contribution < -0.4 is 15.8 Å². The molecule has 2 aromatic carbocycles. The number of anilines is 2. The van der Waals surface area contributed by atoms with Gasteiger partial charge in [-0.05, 0) is 48.5 Å².